The molecule has 116 heavy (non-hydrogen) atoms. The fraction of sp³-hybridized carbons (Fsp3) is 0.373. The topological polar surface area (TPSA) is 163 Å². The van der Waals surface area contributed by atoms with Crippen LogP contribution in [0.4, 0.5) is 0 Å². The fourth-order valence-corrected chi connectivity index (χ4v) is 17.8. The van der Waals surface area contributed by atoms with E-state index in [9.17, 15) is 19.2 Å². The molecular weight excluding hydrogens is 1470 g/mol. The zero-order chi connectivity index (χ0) is 83.7. The lowest BCUT2D eigenvalue weighted by atomic mass is 9.71. The lowest BCUT2D eigenvalue weighted by Gasteiger charge is -2.33. The fourth-order valence-electron chi connectivity index (χ4n) is 16.1. The highest BCUT2D eigenvalue weighted by Gasteiger charge is 2.47. The molecule has 5 heterocycles. The van der Waals surface area contributed by atoms with E-state index >= 15 is 0 Å². The first-order valence-corrected chi connectivity index (χ1v) is 47.1. The molecule has 0 amide bonds. The van der Waals surface area contributed by atoms with Gasteiger partial charge in [-0.1, -0.05) is 177 Å². The van der Waals surface area contributed by atoms with Crippen molar-refractivity contribution in [3.05, 3.63) is 214 Å². The molecule has 598 valence electrons. The molecule has 14 heteroatoms. The van der Waals surface area contributed by atoms with Crippen LogP contribution in [0.15, 0.2) is 158 Å². The van der Waals surface area contributed by atoms with Gasteiger partial charge in [-0.25, -0.2) is 9.97 Å². The molecule has 2 N–H and O–H groups in total. The van der Waals surface area contributed by atoms with Gasteiger partial charge in [0.05, 0.1) is 22.8 Å². The second-order valence-corrected chi connectivity index (χ2v) is 49.0. The molecule has 0 saturated heterocycles. The maximum atomic E-state index is 14.1. The largest absolute Gasteiger partial charge is 0.460 e. The Kier molecular flexibility index (Phi) is 22.3. The molecule has 2 aliphatic carbocycles. The summed E-state index contributed by atoms with van der Waals surface area (Å²) < 4.78 is 24.2. The number of aromatic amines is 2. The summed E-state index contributed by atoms with van der Waals surface area (Å²) in [5.41, 5.74) is 26.4. The first-order valence-electron chi connectivity index (χ1n) is 41.1. The van der Waals surface area contributed by atoms with Gasteiger partial charge in [-0.3, -0.25) is 19.2 Å². The minimum Gasteiger partial charge on any atom is -0.460 e. The van der Waals surface area contributed by atoms with Crippen LogP contribution in [0.1, 0.15) is 232 Å². The average molecular weight is 1580 g/mol. The van der Waals surface area contributed by atoms with Crippen molar-refractivity contribution in [1.82, 2.24) is 19.9 Å². The summed E-state index contributed by atoms with van der Waals surface area (Å²) in [4.78, 5) is 75.9. The summed E-state index contributed by atoms with van der Waals surface area (Å²) in [6.45, 7) is 45.7. The van der Waals surface area contributed by atoms with Gasteiger partial charge in [0.25, 0.3) is 0 Å². The summed E-state index contributed by atoms with van der Waals surface area (Å²) >= 11 is 0. The number of carbonyl (C=O) groups excluding carboxylic acids is 4. The molecule has 0 radical (unpaired) electrons. The van der Waals surface area contributed by atoms with Gasteiger partial charge < -0.3 is 28.9 Å². The van der Waals surface area contributed by atoms with Gasteiger partial charge in [-0.15, -0.1) is 11.1 Å². The van der Waals surface area contributed by atoms with Crippen molar-refractivity contribution in [2.75, 3.05) is 0 Å². The number of fused-ring (bicyclic) bond motifs is 14. The monoisotopic (exact) mass is 1580 g/mol. The van der Waals surface area contributed by atoms with Crippen molar-refractivity contribution in [2.45, 2.75) is 245 Å². The number of esters is 4. The Labute approximate surface area is 689 Å². The second-order valence-electron chi connectivity index (χ2n) is 39.0. The summed E-state index contributed by atoms with van der Waals surface area (Å²) in [6, 6.07) is 55.8. The van der Waals surface area contributed by atoms with Crippen molar-refractivity contribution in [2.24, 2.45) is 0 Å². The molecule has 0 atom stereocenters. The average Bonchev–Trinajstić information content (AvgIpc) is 1.56. The van der Waals surface area contributed by atoms with Crippen LogP contribution in [0.2, 0.25) is 36.3 Å². The zero-order valence-electron chi connectivity index (χ0n) is 72.1. The number of H-pyrrole nitrogens is 2. The van der Waals surface area contributed by atoms with Crippen LogP contribution < -0.4 is 0 Å². The third kappa shape index (κ3) is 17.7. The SMILES string of the molecule is CC(C)(C)OC(=O)CCC1(CCC(=O)OC(C)(C)C)c2ccc(C#C[Si](C)(C)C(C)(C)C)cc2-c2cc(-c3c4nc(c(-c5ccccc5)c5ccc([nH]5)c(-c5ccc6c(c5)-c5cc(C#C[Si](C)(C)C(C)(C)C)ccc5C6(CCC(=O)OC(C)(C)C)CCC(=O)OC(C)(C)C)c5nc(c(-c6ccccc6)c6ccc3[nH]6)C=C5)C=C4)ccc21. The number of aromatic nitrogens is 4. The highest BCUT2D eigenvalue weighted by molar-refractivity contribution is 6.88. The highest BCUT2D eigenvalue weighted by Crippen LogP contribution is 2.58. The maximum absolute atomic E-state index is 14.1. The van der Waals surface area contributed by atoms with E-state index in [1.165, 1.54) is 0 Å². The standard InChI is InChI=1S/C102H114N4O8Si2/c1-95(2,3)111-87(107)49-55-101(56-50-88(108)112-96(4,5)6)75-37-33-65(53-59-115(19,20)99(13,14)15)61-71(75)73-63-69(35-39-77(73)101)93-83-45-41-79(103-83)91(67-29-25-23-26-30-67)81-43-47-85(105-81)94(86-48-44-82(106-86)92(68-31-27-24-28-32-68)80-42-46-84(93)104-80)70-36-40-78-74(64-70)72-62-66(54-60-116(21,22)100(16,17)18)34-38-76(72)102(78,57-51-89(109)113-97(7,8)9)58-52-90(110)114-98(10,11)12/h23-48,61-64,103,106H,49-52,55-58H2,1-22H3. The van der Waals surface area contributed by atoms with Gasteiger partial charge in [0, 0.05) is 92.0 Å². The van der Waals surface area contributed by atoms with Gasteiger partial charge in [-0.05, 0) is 271 Å². The number of carbonyl (C=O) groups is 4. The Morgan fingerprint density at radius 3 is 0.862 bits per heavy atom. The number of hydrogen-bond acceptors (Lipinski definition) is 10. The van der Waals surface area contributed by atoms with E-state index in [1.54, 1.807) is 0 Å². The molecule has 8 bridgehead atoms. The molecular formula is C102H114N4O8Si2. The van der Waals surface area contributed by atoms with Crippen molar-refractivity contribution in [3.63, 3.8) is 0 Å². The van der Waals surface area contributed by atoms with E-state index in [1.807, 2.05) is 95.2 Å². The molecule has 0 saturated carbocycles. The molecule has 0 fully saturated rings. The lowest BCUT2D eigenvalue weighted by molar-refractivity contribution is -0.157. The second kappa shape index (κ2) is 31.1. The molecule has 6 aromatic carbocycles. The Morgan fingerprint density at radius 2 is 0.595 bits per heavy atom. The third-order valence-corrected chi connectivity index (χ3v) is 32.7. The Bertz CT molecular complexity index is 5360. The van der Waals surface area contributed by atoms with Crippen LogP contribution >= 0.6 is 0 Å². The van der Waals surface area contributed by atoms with E-state index in [2.05, 4.69) is 271 Å². The third-order valence-electron chi connectivity index (χ3n) is 23.7. The van der Waals surface area contributed by atoms with Crippen molar-refractivity contribution in [1.29, 1.82) is 0 Å². The molecule has 0 spiro atoms. The highest BCUT2D eigenvalue weighted by atomic mass is 28.3. The van der Waals surface area contributed by atoms with E-state index in [4.69, 9.17) is 28.9 Å². The summed E-state index contributed by atoms with van der Waals surface area (Å²) in [5, 5.41) is 0.0626. The van der Waals surface area contributed by atoms with Crippen LogP contribution in [-0.4, -0.2) is 82.4 Å². The first kappa shape index (κ1) is 83.3. The molecule has 12 nitrogen and oxygen atoms in total. The van der Waals surface area contributed by atoms with Crippen LogP contribution in [0.25, 0.3) is 113 Å². The van der Waals surface area contributed by atoms with Gasteiger partial charge in [-0.2, -0.15) is 0 Å². The number of rotatable bonds is 16. The van der Waals surface area contributed by atoms with Crippen LogP contribution in [0, 0.1) is 22.9 Å². The van der Waals surface area contributed by atoms with Gasteiger partial charge in [0.15, 0.2) is 0 Å². The van der Waals surface area contributed by atoms with Crippen molar-refractivity contribution < 1.29 is 38.1 Å². The summed E-state index contributed by atoms with van der Waals surface area (Å²) in [6.07, 6.45) is 10.5. The van der Waals surface area contributed by atoms with E-state index in [-0.39, 0.29) is 59.6 Å². The van der Waals surface area contributed by atoms with Crippen LogP contribution in [0.3, 0.4) is 0 Å². The minimum absolute atomic E-state index is 0.0313. The van der Waals surface area contributed by atoms with Gasteiger partial charge in [0.2, 0.25) is 0 Å². The van der Waals surface area contributed by atoms with Crippen LogP contribution in [0.5, 0.6) is 0 Å². The Morgan fingerprint density at radius 1 is 0.336 bits per heavy atom. The van der Waals surface area contributed by atoms with Crippen molar-refractivity contribution in [3.8, 4) is 89.7 Å². The van der Waals surface area contributed by atoms with Gasteiger partial charge >= 0.3 is 23.9 Å². The molecule has 0 unspecified atom stereocenters. The predicted molar refractivity (Wildman–Crippen MR) is 481 cm³/mol. The summed E-state index contributed by atoms with van der Waals surface area (Å²) in [5.74, 6) is 6.10. The summed E-state index contributed by atoms with van der Waals surface area (Å²) in [7, 11) is -4.14. The van der Waals surface area contributed by atoms with Crippen LogP contribution in [-0.2, 0) is 49.0 Å². The zero-order valence-corrected chi connectivity index (χ0v) is 74.1. The molecule has 9 aromatic rings. The van der Waals surface area contributed by atoms with E-state index < -0.39 is 49.4 Å². The van der Waals surface area contributed by atoms with Crippen molar-refractivity contribution >= 4 is 86.4 Å². The molecule has 2 aliphatic heterocycles. The Hall–Kier alpha value is -10.6. The normalized spacial score (nSPS) is 14.1. The minimum atomic E-state index is -2.07. The number of nitrogens with zero attached hydrogens (tertiary/aromatic N) is 2. The maximum Gasteiger partial charge on any atom is 0.306 e. The smallest absolute Gasteiger partial charge is 0.306 e. The van der Waals surface area contributed by atoms with Gasteiger partial charge in [0.1, 0.15) is 38.6 Å². The number of benzene rings is 6. The number of ether oxygens (including phenoxy) is 4. The quantitative estimate of drug-likeness (QED) is 0.0412. The molecule has 4 aliphatic rings. The van der Waals surface area contributed by atoms with E-state index in [0.29, 0.717) is 25.7 Å². The molecule has 13 rings (SSSR count). The number of hydrogen-bond donors (Lipinski definition) is 2. The Balaban J connectivity index is 1.07. The predicted octanol–water partition coefficient (Wildman–Crippen LogP) is 25.1. The molecule has 3 aromatic heterocycles. The number of nitrogens with one attached hydrogen (secondary N) is 2. The van der Waals surface area contributed by atoms with E-state index in [0.717, 1.165) is 145 Å². The lowest BCUT2D eigenvalue weighted by Crippen LogP contribution is -2.35. The first-order chi connectivity index (χ1) is 54.3.